The molecular formula is C21H21N3O4S. The monoisotopic (exact) mass is 411 g/mol. The number of rotatable bonds is 8. The van der Waals surface area contributed by atoms with Crippen molar-refractivity contribution in [3.8, 4) is 23.1 Å². The first-order valence-electron chi connectivity index (χ1n) is 8.79. The smallest absolute Gasteiger partial charge is 0.252 e. The first-order chi connectivity index (χ1) is 14.1. The standard InChI is InChI=1S/C21H21N3O4S/c1-14-4-6-15(7-5-14)28-20-21(23-11-10-22-20)29-13-19(25)24-17-12-16(26-2)8-9-18(17)27-3/h4-12H,13H2,1-3H3,(H,24,25). The van der Waals surface area contributed by atoms with Crippen molar-refractivity contribution in [3.63, 3.8) is 0 Å². The predicted molar refractivity (Wildman–Crippen MR) is 112 cm³/mol. The molecule has 1 aromatic heterocycles. The minimum absolute atomic E-state index is 0.128. The summed E-state index contributed by atoms with van der Waals surface area (Å²) < 4.78 is 16.3. The van der Waals surface area contributed by atoms with E-state index in [0.29, 0.717) is 33.8 Å². The number of ether oxygens (including phenoxy) is 3. The maximum atomic E-state index is 12.4. The number of nitrogens with one attached hydrogen (secondary N) is 1. The van der Waals surface area contributed by atoms with Gasteiger partial charge in [-0.25, -0.2) is 9.97 Å². The highest BCUT2D eigenvalue weighted by Gasteiger charge is 2.13. The Morgan fingerprint density at radius 3 is 2.45 bits per heavy atom. The van der Waals surface area contributed by atoms with E-state index in [1.54, 1.807) is 44.8 Å². The molecule has 0 radical (unpaired) electrons. The predicted octanol–water partition coefficient (Wildman–Crippen LogP) is 4.33. The van der Waals surface area contributed by atoms with Crippen LogP contribution in [0.15, 0.2) is 59.9 Å². The van der Waals surface area contributed by atoms with Gasteiger partial charge in [-0.05, 0) is 31.2 Å². The third-order valence-corrected chi connectivity index (χ3v) is 4.85. The summed E-state index contributed by atoms with van der Waals surface area (Å²) in [6, 6.07) is 12.8. The van der Waals surface area contributed by atoms with Gasteiger partial charge in [0.05, 0.1) is 25.7 Å². The fourth-order valence-corrected chi connectivity index (χ4v) is 3.12. The molecule has 0 bridgehead atoms. The number of hydrogen-bond acceptors (Lipinski definition) is 7. The Labute approximate surface area is 173 Å². The molecule has 0 saturated heterocycles. The van der Waals surface area contributed by atoms with Crippen LogP contribution in [0.5, 0.6) is 23.1 Å². The Morgan fingerprint density at radius 2 is 1.72 bits per heavy atom. The van der Waals surface area contributed by atoms with Gasteiger partial charge in [-0.15, -0.1) is 0 Å². The zero-order valence-electron chi connectivity index (χ0n) is 16.3. The van der Waals surface area contributed by atoms with Gasteiger partial charge in [-0.3, -0.25) is 4.79 Å². The van der Waals surface area contributed by atoms with Crippen molar-refractivity contribution in [2.45, 2.75) is 11.9 Å². The molecule has 1 amide bonds. The van der Waals surface area contributed by atoms with Crippen molar-refractivity contribution < 1.29 is 19.0 Å². The summed E-state index contributed by atoms with van der Waals surface area (Å²) in [5.41, 5.74) is 1.67. The minimum atomic E-state index is -0.214. The molecule has 150 valence electrons. The molecule has 3 rings (SSSR count). The van der Waals surface area contributed by atoms with Gasteiger partial charge in [0.2, 0.25) is 5.91 Å². The van der Waals surface area contributed by atoms with Crippen LogP contribution in [0.25, 0.3) is 0 Å². The van der Waals surface area contributed by atoms with Gasteiger partial charge in [0.25, 0.3) is 5.88 Å². The van der Waals surface area contributed by atoms with Crippen molar-refractivity contribution in [3.05, 3.63) is 60.4 Å². The minimum Gasteiger partial charge on any atom is -0.497 e. The molecule has 3 aromatic rings. The van der Waals surface area contributed by atoms with E-state index in [0.717, 1.165) is 5.56 Å². The van der Waals surface area contributed by atoms with Crippen LogP contribution in [0.4, 0.5) is 5.69 Å². The van der Waals surface area contributed by atoms with E-state index in [-0.39, 0.29) is 11.7 Å². The zero-order chi connectivity index (χ0) is 20.6. The number of anilines is 1. The first-order valence-corrected chi connectivity index (χ1v) is 9.78. The Morgan fingerprint density at radius 1 is 1.00 bits per heavy atom. The quantitative estimate of drug-likeness (QED) is 0.553. The van der Waals surface area contributed by atoms with Gasteiger partial charge in [-0.2, -0.15) is 0 Å². The Hall–Kier alpha value is -3.26. The number of carbonyl (C=O) groups is 1. The summed E-state index contributed by atoms with van der Waals surface area (Å²) in [5.74, 6) is 2.09. The van der Waals surface area contributed by atoms with E-state index in [2.05, 4.69) is 15.3 Å². The van der Waals surface area contributed by atoms with Crippen molar-refractivity contribution in [2.24, 2.45) is 0 Å². The number of nitrogens with zero attached hydrogens (tertiary/aromatic N) is 2. The van der Waals surface area contributed by atoms with Crippen LogP contribution in [-0.2, 0) is 4.79 Å². The van der Waals surface area contributed by atoms with Crippen molar-refractivity contribution >= 4 is 23.4 Å². The van der Waals surface area contributed by atoms with Crippen molar-refractivity contribution in [1.29, 1.82) is 0 Å². The van der Waals surface area contributed by atoms with E-state index in [4.69, 9.17) is 14.2 Å². The largest absolute Gasteiger partial charge is 0.497 e. The maximum Gasteiger partial charge on any atom is 0.252 e. The summed E-state index contributed by atoms with van der Waals surface area (Å²) in [6.45, 7) is 2.00. The summed E-state index contributed by atoms with van der Waals surface area (Å²) in [7, 11) is 3.10. The van der Waals surface area contributed by atoms with Gasteiger partial charge in [0.1, 0.15) is 17.2 Å². The fourth-order valence-electron chi connectivity index (χ4n) is 2.43. The number of methoxy groups -OCH3 is 2. The fraction of sp³-hybridized carbons (Fsp3) is 0.190. The number of thioether (sulfide) groups is 1. The highest BCUT2D eigenvalue weighted by molar-refractivity contribution is 8.00. The van der Waals surface area contributed by atoms with Crippen LogP contribution >= 0.6 is 11.8 Å². The van der Waals surface area contributed by atoms with Crippen molar-refractivity contribution in [1.82, 2.24) is 9.97 Å². The average Bonchev–Trinajstić information content (AvgIpc) is 2.74. The van der Waals surface area contributed by atoms with E-state index < -0.39 is 0 Å². The zero-order valence-corrected chi connectivity index (χ0v) is 17.2. The average molecular weight is 411 g/mol. The number of benzene rings is 2. The molecule has 0 fully saturated rings. The summed E-state index contributed by atoms with van der Waals surface area (Å²) in [6.07, 6.45) is 3.11. The SMILES string of the molecule is COc1ccc(OC)c(NC(=O)CSc2nccnc2Oc2ccc(C)cc2)c1. The molecule has 0 aliphatic rings. The molecule has 0 unspecified atom stereocenters. The number of carbonyl (C=O) groups excluding carboxylic acids is 1. The third kappa shape index (κ3) is 5.61. The first kappa shape index (κ1) is 20.5. The lowest BCUT2D eigenvalue weighted by Crippen LogP contribution is -2.15. The van der Waals surface area contributed by atoms with Gasteiger partial charge >= 0.3 is 0 Å². The lowest BCUT2D eigenvalue weighted by Gasteiger charge is -2.12. The van der Waals surface area contributed by atoms with Gasteiger partial charge in [0.15, 0.2) is 5.03 Å². The maximum absolute atomic E-state index is 12.4. The van der Waals surface area contributed by atoms with Crippen molar-refractivity contribution in [2.75, 3.05) is 25.3 Å². The Bertz CT molecular complexity index is 980. The lowest BCUT2D eigenvalue weighted by atomic mass is 10.2. The van der Waals surface area contributed by atoms with E-state index >= 15 is 0 Å². The van der Waals surface area contributed by atoms with Crippen LogP contribution in [0.3, 0.4) is 0 Å². The lowest BCUT2D eigenvalue weighted by molar-refractivity contribution is -0.113. The second-order valence-electron chi connectivity index (χ2n) is 5.98. The van der Waals surface area contributed by atoms with Gasteiger partial charge in [-0.1, -0.05) is 29.5 Å². The number of amides is 1. The highest BCUT2D eigenvalue weighted by Crippen LogP contribution is 2.31. The van der Waals surface area contributed by atoms with Crippen LogP contribution in [-0.4, -0.2) is 35.8 Å². The summed E-state index contributed by atoms with van der Waals surface area (Å²) in [5, 5.41) is 3.36. The van der Waals surface area contributed by atoms with E-state index in [9.17, 15) is 4.79 Å². The molecule has 1 heterocycles. The summed E-state index contributed by atoms with van der Waals surface area (Å²) >= 11 is 1.24. The normalized spacial score (nSPS) is 10.3. The second kappa shape index (κ2) is 9.79. The Balaban J connectivity index is 1.66. The molecule has 8 heteroatoms. The molecule has 0 aliphatic heterocycles. The summed E-state index contributed by atoms with van der Waals surface area (Å²) in [4.78, 5) is 21.0. The second-order valence-corrected chi connectivity index (χ2v) is 6.95. The molecular weight excluding hydrogens is 390 g/mol. The topological polar surface area (TPSA) is 82.6 Å². The molecule has 2 aromatic carbocycles. The van der Waals surface area contributed by atoms with Crippen LogP contribution in [0, 0.1) is 6.92 Å². The number of aryl methyl sites for hydroxylation is 1. The third-order valence-electron chi connectivity index (χ3n) is 3.89. The van der Waals surface area contributed by atoms with Gasteiger partial charge in [0, 0.05) is 18.5 Å². The molecule has 7 nitrogen and oxygen atoms in total. The van der Waals surface area contributed by atoms with Crippen LogP contribution < -0.4 is 19.5 Å². The molecule has 0 saturated carbocycles. The van der Waals surface area contributed by atoms with E-state index in [1.165, 1.54) is 11.8 Å². The Kier molecular flexibility index (Phi) is 6.91. The molecule has 29 heavy (non-hydrogen) atoms. The van der Waals surface area contributed by atoms with E-state index in [1.807, 2.05) is 31.2 Å². The highest BCUT2D eigenvalue weighted by atomic mass is 32.2. The number of aromatic nitrogens is 2. The molecule has 0 aliphatic carbocycles. The molecule has 1 N–H and O–H groups in total. The van der Waals surface area contributed by atoms with Crippen LogP contribution in [0.2, 0.25) is 0 Å². The molecule has 0 atom stereocenters. The van der Waals surface area contributed by atoms with Crippen LogP contribution in [0.1, 0.15) is 5.56 Å². The number of hydrogen-bond donors (Lipinski definition) is 1. The molecule has 0 spiro atoms. The van der Waals surface area contributed by atoms with Gasteiger partial charge < -0.3 is 19.5 Å².